The summed E-state index contributed by atoms with van der Waals surface area (Å²) in [5.41, 5.74) is 0.890. The van der Waals surface area contributed by atoms with Crippen LogP contribution in [0.25, 0.3) is 0 Å². The molecule has 138 valence electrons. The summed E-state index contributed by atoms with van der Waals surface area (Å²) in [5.74, 6) is 0.258. The Morgan fingerprint density at radius 1 is 1.19 bits per heavy atom. The number of amides is 1. The van der Waals surface area contributed by atoms with Crippen molar-refractivity contribution in [3.63, 3.8) is 0 Å². The minimum absolute atomic E-state index is 0.0336. The Bertz CT molecular complexity index is 736. The van der Waals surface area contributed by atoms with Crippen molar-refractivity contribution >= 4 is 17.8 Å². The van der Waals surface area contributed by atoms with E-state index in [2.05, 4.69) is 15.2 Å². The molecule has 0 fully saturated rings. The Morgan fingerprint density at radius 2 is 1.92 bits per heavy atom. The number of carbonyl (C=O) groups excluding carboxylic acids is 1. The second kappa shape index (κ2) is 9.97. The van der Waals surface area contributed by atoms with Crippen molar-refractivity contribution < 1.29 is 27.9 Å². The Balaban J connectivity index is 1.82. The van der Waals surface area contributed by atoms with Gasteiger partial charge in [0.1, 0.15) is 11.5 Å². The zero-order valence-corrected chi connectivity index (χ0v) is 14.0. The van der Waals surface area contributed by atoms with Crippen LogP contribution in [0.2, 0.25) is 0 Å². The fraction of sp³-hybridized carbons (Fsp3) is 0.222. The van der Waals surface area contributed by atoms with E-state index in [4.69, 9.17) is 9.57 Å². The molecule has 0 atom stereocenters. The molecule has 0 spiro atoms. The zero-order valence-electron chi connectivity index (χ0n) is 14.0. The molecule has 2 aromatic carbocycles. The molecule has 0 aliphatic rings. The van der Waals surface area contributed by atoms with E-state index in [1.807, 2.05) is 6.92 Å². The van der Waals surface area contributed by atoms with Crippen LogP contribution in [0.15, 0.2) is 53.7 Å². The molecule has 1 amide bonds. The lowest BCUT2D eigenvalue weighted by molar-refractivity contribution is -0.120. The van der Waals surface area contributed by atoms with Crippen LogP contribution < -0.4 is 14.8 Å². The topological polar surface area (TPSA) is 69.2 Å². The smallest absolute Gasteiger partial charge is 0.387 e. The van der Waals surface area contributed by atoms with Gasteiger partial charge in [0, 0.05) is 11.3 Å². The first-order chi connectivity index (χ1) is 12.6. The lowest BCUT2D eigenvalue weighted by Crippen LogP contribution is -2.16. The van der Waals surface area contributed by atoms with Gasteiger partial charge in [-0.3, -0.25) is 4.79 Å². The van der Waals surface area contributed by atoms with E-state index in [9.17, 15) is 13.6 Å². The van der Waals surface area contributed by atoms with Gasteiger partial charge in [0.25, 0.3) is 5.91 Å². The van der Waals surface area contributed by atoms with Gasteiger partial charge >= 0.3 is 6.61 Å². The van der Waals surface area contributed by atoms with Crippen LogP contribution in [0.4, 0.5) is 14.5 Å². The second-order valence-electron chi connectivity index (χ2n) is 4.93. The maximum Gasteiger partial charge on any atom is 0.387 e. The van der Waals surface area contributed by atoms with E-state index >= 15 is 0 Å². The van der Waals surface area contributed by atoms with E-state index < -0.39 is 12.5 Å². The Hall–Kier alpha value is -3.16. The number of rotatable bonds is 9. The molecule has 26 heavy (non-hydrogen) atoms. The molecule has 6 nitrogen and oxygen atoms in total. The average molecular weight is 364 g/mol. The molecule has 8 heteroatoms. The number of benzene rings is 2. The van der Waals surface area contributed by atoms with Gasteiger partial charge in [-0.15, -0.1) is 0 Å². The predicted molar refractivity (Wildman–Crippen MR) is 92.9 cm³/mol. The first-order valence-corrected chi connectivity index (χ1v) is 7.80. The molecule has 0 aliphatic heterocycles. The molecule has 0 heterocycles. The number of carbonyl (C=O) groups is 1. The fourth-order valence-corrected chi connectivity index (χ4v) is 1.98. The van der Waals surface area contributed by atoms with Crippen LogP contribution in [0.1, 0.15) is 12.5 Å². The highest BCUT2D eigenvalue weighted by Gasteiger charge is 2.08. The van der Waals surface area contributed by atoms with Gasteiger partial charge in [-0.25, -0.2) is 0 Å². The van der Waals surface area contributed by atoms with Crippen molar-refractivity contribution in [1.82, 2.24) is 0 Å². The number of halogens is 2. The van der Waals surface area contributed by atoms with Gasteiger partial charge in [0.2, 0.25) is 0 Å². The van der Waals surface area contributed by atoms with Crippen molar-refractivity contribution in [1.29, 1.82) is 0 Å². The monoisotopic (exact) mass is 364 g/mol. The molecule has 0 saturated heterocycles. The van der Waals surface area contributed by atoms with Crippen LogP contribution in [0, 0.1) is 0 Å². The molecule has 2 rings (SSSR count). The third kappa shape index (κ3) is 6.39. The van der Waals surface area contributed by atoms with E-state index in [1.165, 1.54) is 18.3 Å². The van der Waals surface area contributed by atoms with E-state index in [0.717, 1.165) is 0 Å². The summed E-state index contributed by atoms with van der Waals surface area (Å²) in [6, 6.07) is 13.0. The number of anilines is 1. The normalized spacial score (nSPS) is 10.8. The molecule has 0 saturated carbocycles. The molecule has 2 aromatic rings. The number of para-hydroxylation sites is 1. The van der Waals surface area contributed by atoms with Gasteiger partial charge < -0.3 is 19.6 Å². The minimum atomic E-state index is -2.94. The maximum absolute atomic E-state index is 12.3. The van der Waals surface area contributed by atoms with Gasteiger partial charge in [-0.1, -0.05) is 17.3 Å². The number of hydrogen-bond acceptors (Lipinski definition) is 5. The zero-order chi connectivity index (χ0) is 18.8. The predicted octanol–water partition coefficient (Wildman–Crippen LogP) is 3.68. The quantitative estimate of drug-likeness (QED) is 0.544. The highest BCUT2D eigenvalue weighted by molar-refractivity contribution is 5.91. The standard InChI is InChI=1S/C18H18F2N2O4/c1-2-24-15-9-7-14(8-10-15)22-17(23)12-25-21-11-13-5-3-4-6-16(13)26-18(19)20/h3-11,18H,2,12H2,1H3,(H,22,23)/b21-11-. The molecular formula is C18H18F2N2O4. The highest BCUT2D eigenvalue weighted by atomic mass is 19.3. The van der Waals surface area contributed by atoms with Gasteiger partial charge in [0.05, 0.1) is 12.8 Å². The van der Waals surface area contributed by atoms with Crippen molar-refractivity contribution in [3.8, 4) is 11.5 Å². The lowest BCUT2D eigenvalue weighted by Gasteiger charge is -2.07. The minimum Gasteiger partial charge on any atom is -0.494 e. The van der Waals surface area contributed by atoms with Crippen LogP contribution in [0.3, 0.4) is 0 Å². The van der Waals surface area contributed by atoms with Crippen LogP contribution in [-0.4, -0.2) is 31.9 Å². The Kier molecular flexibility index (Phi) is 7.35. The summed E-state index contributed by atoms with van der Waals surface area (Å²) in [7, 11) is 0. The SMILES string of the molecule is CCOc1ccc(NC(=O)CO/N=C\c2ccccc2OC(F)F)cc1. The van der Waals surface area contributed by atoms with Crippen LogP contribution >= 0.6 is 0 Å². The molecule has 0 radical (unpaired) electrons. The summed E-state index contributed by atoms with van der Waals surface area (Å²) >= 11 is 0. The summed E-state index contributed by atoms with van der Waals surface area (Å²) < 4.78 is 34.3. The largest absolute Gasteiger partial charge is 0.494 e. The lowest BCUT2D eigenvalue weighted by atomic mass is 10.2. The molecule has 1 N–H and O–H groups in total. The summed E-state index contributed by atoms with van der Waals surface area (Å²) in [4.78, 5) is 16.7. The van der Waals surface area contributed by atoms with Crippen LogP contribution in [0.5, 0.6) is 11.5 Å². The van der Waals surface area contributed by atoms with Crippen molar-refractivity contribution in [2.45, 2.75) is 13.5 Å². The van der Waals surface area contributed by atoms with E-state index in [0.29, 0.717) is 23.6 Å². The van der Waals surface area contributed by atoms with E-state index in [-0.39, 0.29) is 12.4 Å². The third-order valence-corrected chi connectivity index (χ3v) is 3.05. The number of nitrogens with zero attached hydrogens (tertiary/aromatic N) is 1. The molecular weight excluding hydrogens is 346 g/mol. The fourth-order valence-electron chi connectivity index (χ4n) is 1.98. The number of alkyl halides is 2. The molecule has 0 aliphatic carbocycles. The Labute approximate surface area is 149 Å². The first-order valence-electron chi connectivity index (χ1n) is 7.80. The second-order valence-corrected chi connectivity index (χ2v) is 4.93. The van der Waals surface area contributed by atoms with Gasteiger partial charge in [-0.05, 0) is 43.3 Å². The number of hydrogen-bond donors (Lipinski definition) is 1. The summed E-state index contributed by atoms with van der Waals surface area (Å²) in [6.45, 7) is -0.832. The molecule has 0 unspecified atom stereocenters. The average Bonchev–Trinajstić information content (AvgIpc) is 2.61. The number of oxime groups is 1. The third-order valence-electron chi connectivity index (χ3n) is 3.05. The molecule has 0 aromatic heterocycles. The highest BCUT2D eigenvalue weighted by Crippen LogP contribution is 2.18. The number of ether oxygens (including phenoxy) is 2. The van der Waals surface area contributed by atoms with Gasteiger partial charge in [0.15, 0.2) is 6.61 Å². The van der Waals surface area contributed by atoms with E-state index in [1.54, 1.807) is 36.4 Å². The Morgan fingerprint density at radius 3 is 2.62 bits per heavy atom. The maximum atomic E-state index is 12.3. The van der Waals surface area contributed by atoms with Crippen molar-refractivity contribution in [2.75, 3.05) is 18.5 Å². The summed E-state index contributed by atoms with van der Waals surface area (Å²) in [6.07, 6.45) is 1.20. The van der Waals surface area contributed by atoms with Crippen LogP contribution in [-0.2, 0) is 9.63 Å². The van der Waals surface area contributed by atoms with Crippen molar-refractivity contribution in [2.24, 2.45) is 5.16 Å². The first kappa shape index (κ1) is 19.2. The summed E-state index contributed by atoms with van der Waals surface area (Å²) in [5, 5.41) is 6.23. The van der Waals surface area contributed by atoms with Gasteiger partial charge in [-0.2, -0.15) is 8.78 Å². The molecule has 0 bridgehead atoms. The number of nitrogens with one attached hydrogen (secondary N) is 1. The van der Waals surface area contributed by atoms with Crippen molar-refractivity contribution in [3.05, 3.63) is 54.1 Å².